The number of hydrogen-bond acceptors (Lipinski definition) is 2. The fraction of sp³-hybridized carbons (Fsp3) is 0.833. The van der Waals surface area contributed by atoms with E-state index in [-0.39, 0.29) is 17.8 Å². The summed E-state index contributed by atoms with van der Waals surface area (Å²) in [7, 11) is 0. The van der Waals surface area contributed by atoms with Gasteiger partial charge in [-0.2, -0.15) is 0 Å². The van der Waals surface area contributed by atoms with Gasteiger partial charge in [0.15, 0.2) is 0 Å². The molecule has 2 nitrogen and oxygen atoms in total. The molecule has 0 aromatic carbocycles. The fourth-order valence-corrected chi connectivity index (χ4v) is 2.26. The summed E-state index contributed by atoms with van der Waals surface area (Å²) < 4.78 is 0. The lowest BCUT2D eigenvalue weighted by atomic mass is 9.77. The molecule has 0 heterocycles. The molecule has 1 fully saturated rings. The van der Waals surface area contributed by atoms with Gasteiger partial charge in [0.2, 0.25) is 0 Å². The molecular weight excluding hydrogens is 176 g/mol. The van der Waals surface area contributed by atoms with Crippen LogP contribution in [-0.4, -0.2) is 11.6 Å². The van der Waals surface area contributed by atoms with Gasteiger partial charge in [-0.1, -0.05) is 13.8 Å². The average molecular weight is 196 g/mol. The molecule has 1 saturated carbocycles. The normalized spacial score (nSPS) is 27.7. The molecule has 1 aliphatic rings. The van der Waals surface area contributed by atoms with Crippen LogP contribution in [0, 0.1) is 17.8 Å². The Bertz CT molecular complexity index is 222. The maximum atomic E-state index is 11.7. The van der Waals surface area contributed by atoms with Crippen molar-refractivity contribution >= 4 is 11.6 Å². The Labute approximate surface area is 86.1 Å². The summed E-state index contributed by atoms with van der Waals surface area (Å²) in [6, 6.07) is 0. The minimum Gasteiger partial charge on any atom is -0.300 e. The van der Waals surface area contributed by atoms with Gasteiger partial charge in [0.05, 0.1) is 0 Å². The van der Waals surface area contributed by atoms with Crippen LogP contribution in [0.5, 0.6) is 0 Å². The van der Waals surface area contributed by atoms with Gasteiger partial charge in [-0.3, -0.25) is 9.59 Å². The Balaban J connectivity index is 2.43. The average Bonchev–Trinajstić information content (AvgIpc) is 2.16. The van der Waals surface area contributed by atoms with Crippen LogP contribution in [0.25, 0.3) is 0 Å². The molecule has 1 aliphatic carbocycles. The van der Waals surface area contributed by atoms with Crippen LogP contribution in [0.4, 0.5) is 0 Å². The monoisotopic (exact) mass is 196 g/mol. The van der Waals surface area contributed by atoms with Crippen LogP contribution >= 0.6 is 0 Å². The van der Waals surface area contributed by atoms with E-state index in [1.807, 2.05) is 13.8 Å². The van der Waals surface area contributed by atoms with Crippen molar-refractivity contribution in [1.29, 1.82) is 0 Å². The number of Topliss-reactive ketones (excluding diaryl/α,β-unsaturated/α-hetero) is 2. The van der Waals surface area contributed by atoms with E-state index in [0.717, 1.165) is 25.7 Å². The molecule has 0 radical (unpaired) electrons. The molecular formula is C12H20O2. The zero-order chi connectivity index (χ0) is 10.7. The predicted octanol–water partition coefficient (Wildman–Crippen LogP) is 2.61. The third-order valence-corrected chi connectivity index (χ3v) is 3.27. The zero-order valence-electron chi connectivity index (χ0n) is 9.38. The molecule has 0 atom stereocenters. The van der Waals surface area contributed by atoms with Gasteiger partial charge in [0.25, 0.3) is 0 Å². The Morgan fingerprint density at radius 1 is 1.00 bits per heavy atom. The molecule has 0 aromatic heterocycles. The molecule has 0 saturated heterocycles. The highest BCUT2D eigenvalue weighted by Crippen LogP contribution is 2.31. The van der Waals surface area contributed by atoms with E-state index in [1.54, 1.807) is 6.92 Å². The molecule has 2 heteroatoms. The van der Waals surface area contributed by atoms with Crippen LogP contribution in [0.2, 0.25) is 0 Å². The highest BCUT2D eigenvalue weighted by molar-refractivity contribution is 5.83. The molecule has 1 rings (SSSR count). The number of ketones is 2. The molecule has 0 aliphatic heterocycles. The molecule has 0 N–H and O–H groups in total. The molecule has 0 amide bonds. The SMILES string of the molecule is CC(=O)[C@H]1CC[C@H](C(=O)C(C)C)CC1. The van der Waals surface area contributed by atoms with Crippen LogP contribution in [-0.2, 0) is 9.59 Å². The molecule has 80 valence electrons. The van der Waals surface area contributed by atoms with Crippen molar-refractivity contribution in [3.63, 3.8) is 0 Å². The van der Waals surface area contributed by atoms with Crippen molar-refractivity contribution in [3.05, 3.63) is 0 Å². The molecule has 0 aromatic rings. The summed E-state index contributed by atoms with van der Waals surface area (Å²) >= 11 is 0. The van der Waals surface area contributed by atoms with Gasteiger partial charge in [0.1, 0.15) is 11.6 Å². The topological polar surface area (TPSA) is 34.1 Å². The highest BCUT2D eigenvalue weighted by Gasteiger charge is 2.28. The third-order valence-electron chi connectivity index (χ3n) is 3.27. The van der Waals surface area contributed by atoms with E-state index in [4.69, 9.17) is 0 Å². The standard InChI is InChI=1S/C12H20O2/c1-8(2)12(14)11-6-4-10(5-7-11)9(3)13/h8,10-11H,4-7H2,1-3H3/t10-,11-. The summed E-state index contributed by atoms with van der Waals surface area (Å²) in [6.07, 6.45) is 3.67. The van der Waals surface area contributed by atoms with Crippen molar-refractivity contribution in [2.45, 2.75) is 46.5 Å². The van der Waals surface area contributed by atoms with E-state index < -0.39 is 0 Å². The number of carbonyl (C=O) groups is 2. The first-order chi connectivity index (χ1) is 6.52. The third kappa shape index (κ3) is 2.66. The summed E-state index contributed by atoms with van der Waals surface area (Å²) in [4.78, 5) is 22.8. The number of carbonyl (C=O) groups excluding carboxylic acids is 2. The minimum atomic E-state index is 0.147. The van der Waals surface area contributed by atoms with Gasteiger partial charge in [-0.05, 0) is 32.6 Å². The first-order valence-corrected chi connectivity index (χ1v) is 5.56. The van der Waals surface area contributed by atoms with Crippen molar-refractivity contribution in [1.82, 2.24) is 0 Å². The lowest BCUT2D eigenvalue weighted by Crippen LogP contribution is -2.27. The summed E-state index contributed by atoms with van der Waals surface area (Å²) in [6.45, 7) is 5.58. The van der Waals surface area contributed by atoms with Gasteiger partial charge < -0.3 is 0 Å². The second kappa shape index (κ2) is 4.72. The Kier molecular flexibility index (Phi) is 3.85. The second-order valence-corrected chi connectivity index (χ2v) is 4.72. The summed E-state index contributed by atoms with van der Waals surface area (Å²) in [5, 5.41) is 0. The smallest absolute Gasteiger partial charge is 0.138 e. The van der Waals surface area contributed by atoms with E-state index in [9.17, 15) is 9.59 Å². The summed E-state index contributed by atoms with van der Waals surface area (Å²) in [5.74, 6) is 1.28. The van der Waals surface area contributed by atoms with E-state index in [1.165, 1.54) is 0 Å². The zero-order valence-corrected chi connectivity index (χ0v) is 9.38. The predicted molar refractivity (Wildman–Crippen MR) is 56.0 cm³/mol. The quantitative estimate of drug-likeness (QED) is 0.695. The van der Waals surface area contributed by atoms with Crippen molar-refractivity contribution in [2.24, 2.45) is 17.8 Å². The van der Waals surface area contributed by atoms with Crippen LogP contribution in [0.15, 0.2) is 0 Å². The first kappa shape index (κ1) is 11.4. The molecule has 14 heavy (non-hydrogen) atoms. The van der Waals surface area contributed by atoms with E-state index >= 15 is 0 Å². The van der Waals surface area contributed by atoms with Crippen molar-refractivity contribution < 1.29 is 9.59 Å². The lowest BCUT2D eigenvalue weighted by molar-refractivity contribution is -0.129. The van der Waals surface area contributed by atoms with Crippen LogP contribution < -0.4 is 0 Å². The van der Waals surface area contributed by atoms with Crippen molar-refractivity contribution in [3.8, 4) is 0 Å². The molecule has 0 bridgehead atoms. The van der Waals surface area contributed by atoms with Gasteiger partial charge in [-0.25, -0.2) is 0 Å². The van der Waals surface area contributed by atoms with Crippen LogP contribution in [0.1, 0.15) is 46.5 Å². The lowest BCUT2D eigenvalue weighted by Gasteiger charge is -2.26. The van der Waals surface area contributed by atoms with E-state index in [2.05, 4.69) is 0 Å². The maximum Gasteiger partial charge on any atom is 0.138 e. The Morgan fingerprint density at radius 3 is 1.79 bits per heavy atom. The highest BCUT2D eigenvalue weighted by atomic mass is 16.1. The van der Waals surface area contributed by atoms with Crippen LogP contribution in [0.3, 0.4) is 0 Å². The van der Waals surface area contributed by atoms with E-state index in [0.29, 0.717) is 11.6 Å². The Morgan fingerprint density at radius 2 is 1.43 bits per heavy atom. The number of hydrogen-bond donors (Lipinski definition) is 0. The van der Waals surface area contributed by atoms with Crippen molar-refractivity contribution in [2.75, 3.05) is 0 Å². The minimum absolute atomic E-state index is 0.147. The first-order valence-electron chi connectivity index (χ1n) is 5.56. The maximum absolute atomic E-state index is 11.7. The van der Waals surface area contributed by atoms with Gasteiger partial charge in [-0.15, -0.1) is 0 Å². The molecule has 0 spiro atoms. The second-order valence-electron chi connectivity index (χ2n) is 4.72. The molecule has 0 unspecified atom stereocenters. The summed E-state index contributed by atoms with van der Waals surface area (Å²) in [5.41, 5.74) is 0. The van der Waals surface area contributed by atoms with Gasteiger partial charge in [0, 0.05) is 17.8 Å². The number of rotatable bonds is 3. The van der Waals surface area contributed by atoms with Gasteiger partial charge >= 0.3 is 0 Å². The largest absolute Gasteiger partial charge is 0.300 e. The fourth-order valence-electron chi connectivity index (χ4n) is 2.26. The Hall–Kier alpha value is -0.660.